The minimum atomic E-state index is -0.307. The Hall–Kier alpha value is -2.62. The summed E-state index contributed by atoms with van der Waals surface area (Å²) in [5.41, 5.74) is 2.24. The fourth-order valence-electron chi connectivity index (χ4n) is 2.99. The average molecular weight is 592 g/mol. The molecule has 1 amide bonds. The number of nitrogens with one attached hydrogen (secondary N) is 1. The van der Waals surface area contributed by atoms with Crippen LogP contribution in [0.1, 0.15) is 11.1 Å². The van der Waals surface area contributed by atoms with Crippen LogP contribution >= 0.6 is 43.6 Å². The van der Waals surface area contributed by atoms with E-state index in [1.807, 2.05) is 36.4 Å². The average Bonchev–Trinajstić information content (AvgIpc) is 3.12. The number of benzene rings is 3. The van der Waals surface area contributed by atoms with E-state index in [2.05, 4.69) is 42.2 Å². The van der Waals surface area contributed by atoms with E-state index in [-0.39, 0.29) is 18.3 Å². The van der Waals surface area contributed by atoms with Crippen molar-refractivity contribution in [3.63, 3.8) is 0 Å². The zero-order valence-corrected chi connectivity index (χ0v) is 21.3. The van der Waals surface area contributed by atoms with E-state index in [9.17, 15) is 9.18 Å². The smallest absolute Gasteiger partial charge is 0.264 e. The van der Waals surface area contributed by atoms with Crippen LogP contribution in [0.25, 0.3) is 6.08 Å². The molecule has 1 heterocycles. The maximum Gasteiger partial charge on any atom is 0.264 e. The summed E-state index contributed by atoms with van der Waals surface area (Å²) in [6, 6.07) is 17.2. The van der Waals surface area contributed by atoms with Gasteiger partial charge in [-0.25, -0.2) is 9.38 Å². The molecule has 0 radical (unpaired) electrons. The molecular formula is C24H17Br2FN2O3S. The van der Waals surface area contributed by atoms with Gasteiger partial charge in [0.25, 0.3) is 5.91 Å². The molecule has 0 bridgehead atoms. The van der Waals surface area contributed by atoms with Crippen molar-refractivity contribution >= 4 is 66.5 Å². The van der Waals surface area contributed by atoms with E-state index in [0.717, 1.165) is 16.9 Å². The highest BCUT2D eigenvalue weighted by Crippen LogP contribution is 2.37. The van der Waals surface area contributed by atoms with Crippen molar-refractivity contribution in [2.75, 3.05) is 7.11 Å². The molecule has 0 spiro atoms. The number of hydrogen-bond acceptors (Lipinski definition) is 5. The molecule has 1 saturated heterocycles. The normalized spacial score (nSPS) is 15.7. The number of aliphatic imine (C=N–C) groups is 1. The number of halogens is 3. The lowest BCUT2D eigenvalue weighted by molar-refractivity contribution is -0.115. The third kappa shape index (κ3) is 6.04. The van der Waals surface area contributed by atoms with Gasteiger partial charge in [-0.1, -0.05) is 12.1 Å². The highest BCUT2D eigenvalue weighted by atomic mass is 79.9. The summed E-state index contributed by atoms with van der Waals surface area (Å²) in [6.07, 6.45) is 1.78. The van der Waals surface area contributed by atoms with Crippen LogP contribution in [0.3, 0.4) is 0 Å². The van der Waals surface area contributed by atoms with Crippen molar-refractivity contribution in [3.05, 3.63) is 91.5 Å². The van der Waals surface area contributed by atoms with Crippen molar-refractivity contribution in [1.29, 1.82) is 0 Å². The topological polar surface area (TPSA) is 59.9 Å². The number of amides is 1. The fraction of sp³-hybridized carbons (Fsp3) is 0.0833. The fourth-order valence-corrected chi connectivity index (χ4v) is 5.28. The van der Waals surface area contributed by atoms with Crippen LogP contribution in [-0.4, -0.2) is 18.2 Å². The van der Waals surface area contributed by atoms with E-state index in [4.69, 9.17) is 9.47 Å². The SMILES string of the molecule is COc1ccc(N=C2NC(=O)/C(=C\c3cc(Br)c(OCc4cccc(F)c4)c(Br)c3)S2)cc1. The predicted molar refractivity (Wildman–Crippen MR) is 136 cm³/mol. The molecule has 1 N–H and O–H groups in total. The molecule has 3 aromatic carbocycles. The molecule has 1 aliphatic rings. The second-order valence-corrected chi connectivity index (χ2v) is 9.65. The Morgan fingerprint density at radius 1 is 1.09 bits per heavy atom. The van der Waals surface area contributed by atoms with Crippen molar-refractivity contribution < 1.29 is 18.7 Å². The predicted octanol–water partition coefficient (Wildman–Crippen LogP) is 6.83. The van der Waals surface area contributed by atoms with Crippen LogP contribution in [0.4, 0.5) is 10.1 Å². The molecule has 0 aromatic heterocycles. The number of hydrogen-bond donors (Lipinski definition) is 1. The van der Waals surface area contributed by atoms with Crippen molar-refractivity contribution in [2.45, 2.75) is 6.61 Å². The molecule has 0 aliphatic carbocycles. The Balaban J connectivity index is 1.49. The van der Waals surface area contributed by atoms with Gasteiger partial charge in [0.05, 0.1) is 26.6 Å². The molecule has 0 saturated carbocycles. The van der Waals surface area contributed by atoms with Gasteiger partial charge in [-0.15, -0.1) is 0 Å². The number of ether oxygens (including phenoxy) is 2. The van der Waals surface area contributed by atoms with E-state index >= 15 is 0 Å². The summed E-state index contributed by atoms with van der Waals surface area (Å²) in [6.45, 7) is 0.221. The first-order valence-electron chi connectivity index (χ1n) is 9.71. The second-order valence-electron chi connectivity index (χ2n) is 6.91. The minimum absolute atomic E-state index is 0.217. The van der Waals surface area contributed by atoms with Crippen LogP contribution in [0.2, 0.25) is 0 Å². The van der Waals surface area contributed by atoms with Gasteiger partial charge in [-0.3, -0.25) is 4.79 Å². The zero-order valence-electron chi connectivity index (χ0n) is 17.3. The molecule has 5 nitrogen and oxygen atoms in total. The Bertz CT molecular complexity index is 1240. The molecule has 0 unspecified atom stereocenters. The Kier molecular flexibility index (Phi) is 7.52. The molecule has 1 fully saturated rings. The third-order valence-electron chi connectivity index (χ3n) is 4.54. The summed E-state index contributed by atoms with van der Waals surface area (Å²) >= 11 is 8.30. The van der Waals surface area contributed by atoms with Crippen LogP contribution in [0.5, 0.6) is 11.5 Å². The lowest BCUT2D eigenvalue weighted by atomic mass is 10.2. The lowest BCUT2D eigenvalue weighted by Crippen LogP contribution is -2.19. The summed E-state index contributed by atoms with van der Waals surface area (Å²) in [4.78, 5) is 17.4. The maximum atomic E-state index is 13.4. The van der Waals surface area contributed by atoms with Crippen molar-refractivity contribution in [2.24, 2.45) is 4.99 Å². The van der Waals surface area contributed by atoms with Crippen LogP contribution in [0, 0.1) is 5.82 Å². The van der Waals surface area contributed by atoms with Crippen LogP contribution in [-0.2, 0) is 11.4 Å². The molecular weight excluding hydrogens is 575 g/mol. The van der Waals surface area contributed by atoms with E-state index < -0.39 is 0 Å². The number of methoxy groups -OCH3 is 1. The molecule has 3 aromatic rings. The standard InChI is InChI=1S/C24H17Br2FN2O3S/c1-31-18-7-5-17(6-8-18)28-24-29-23(30)21(33-24)12-15-10-19(25)22(20(26)11-15)32-13-14-3-2-4-16(27)9-14/h2-12H,13H2,1H3,(H,28,29,30)/b21-12+. The van der Waals surface area contributed by atoms with Crippen molar-refractivity contribution in [3.8, 4) is 11.5 Å². The van der Waals surface area contributed by atoms with Gasteiger partial charge in [-0.05, 0) is 109 Å². The highest BCUT2D eigenvalue weighted by Gasteiger charge is 2.24. The van der Waals surface area contributed by atoms with E-state index in [1.165, 1.54) is 23.9 Å². The van der Waals surface area contributed by atoms with E-state index in [0.29, 0.717) is 30.5 Å². The maximum absolute atomic E-state index is 13.4. The number of thioether (sulfide) groups is 1. The van der Waals surface area contributed by atoms with Gasteiger partial charge in [0.2, 0.25) is 0 Å². The molecule has 1 aliphatic heterocycles. The molecule has 168 valence electrons. The lowest BCUT2D eigenvalue weighted by Gasteiger charge is -2.11. The van der Waals surface area contributed by atoms with Gasteiger partial charge in [0, 0.05) is 0 Å². The highest BCUT2D eigenvalue weighted by molar-refractivity contribution is 9.11. The Morgan fingerprint density at radius 2 is 1.82 bits per heavy atom. The van der Waals surface area contributed by atoms with E-state index in [1.54, 1.807) is 25.3 Å². The second kappa shape index (κ2) is 10.5. The Morgan fingerprint density at radius 3 is 2.48 bits per heavy atom. The first-order chi connectivity index (χ1) is 15.9. The largest absolute Gasteiger partial charge is 0.497 e. The van der Waals surface area contributed by atoms with Gasteiger partial charge in [0.15, 0.2) is 5.17 Å². The molecule has 9 heteroatoms. The first kappa shape index (κ1) is 23.5. The quantitative estimate of drug-likeness (QED) is 0.319. The summed E-state index contributed by atoms with van der Waals surface area (Å²) in [5.74, 6) is 0.804. The number of rotatable bonds is 6. The van der Waals surface area contributed by atoms with Gasteiger partial charge >= 0.3 is 0 Å². The third-order valence-corrected chi connectivity index (χ3v) is 6.63. The zero-order chi connectivity index (χ0) is 23.4. The van der Waals surface area contributed by atoms with Gasteiger partial charge in [0.1, 0.15) is 23.9 Å². The minimum Gasteiger partial charge on any atom is -0.497 e. The number of nitrogens with zero attached hydrogens (tertiary/aromatic N) is 1. The Labute approximate surface area is 211 Å². The number of carbonyl (C=O) groups excluding carboxylic acids is 1. The van der Waals surface area contributed by atoms with Crippen LogP contribution < -0.4 is 14.8 Å². The van der Waals surface area contributed by atoms with Crippen molar-refractivity contribution in [1.82, 2.24) is 5.32 Å². The number of amidine groups is 1. The summed E-state index contributed by atoms with van der Waals surface area (Å²) in [5, 5.41) is 3.28. The summed E-state index contributed by atoms with van der Waals surface area (Å²) in [7, 11) is 1.60. The van der Waals surface area contributed by atoms with Crippen LogP contribution in [0.15, 0.2) is 79.5 Å². The molecule has 4 rings (SSSR count). The first-order valence-corrected chi connectivity index (χ1v) is 12.1. The van der Waals surface area contributed by atoms with Gasteiger partial charge < -0.3 is 14.8 Å². The summed E-state index contributed by atoms with van der Waals surface area (Å²) < 4.78 is 25.8. The monoisotopic (exact) mass is 590 g/mol. The van der Waals surface area contributed by atoms with Gasteiger partial charge in [-0.2, -0.15) is 0 Å². The molecule has 33 heavy (non-hydrogen) atoms. The molecule has 0 atom stereocenters. The number of carbonyl (C=O) groups is 1.